The number of esters is 1. The largest absolute Gasteiger partial charge is 0.451 e. The van der Waals surface area contributed by atoms with Gasteiger partial charge in [0.25, 0.3) is 11.6 Å². The first-order valence-corrected chi connectivity index (χ1v) is 9.01. The summed E-state index contributed by atoms with van der Waals surface area (Å²) in [4.78, 5) is 35.8. The van der Waals surface area contributed by atoms with Gasteiger partial charge in [0.05, 0.1) is 4.92 Å². The number of halogens is 1. The number of hydrogen-bond acceptors (Lipinski definition) is 6. The van der Waals surface area contributed by atoms with Crippen LogP contribution in [0.4, 0.5) is 11.4 Å². The monoisotopic (exact) mass is 396 g/mol. The lowest BCUT2D eigenvalue weighted by Gasteiger charge is -2.07. The van der Waals surface area contributed by atoms with Gasteiger partial charge in [-0.2, -0.15) is 0 Å². The van der Waals surface area contributed by atoms with E-state index in [9.17, 15) is 19.7 Å². The second-order valence-corrected chi connectivity index (χ2v) is 7.18. The number of amides is 1. The molecule has 0 spiro atoms. The first-order chi connectivity index (χ1) is 12.3. The van der Waals surface area contributed by atoms with Crippen LogP contribution in [-0.2, 0) is 16.0 Å². The lowest BCUT2D eigenvalue weighted by atomic mass is 10.1. The van der Waals surface area contributed by atoms with Crippen LogP contribution >= 0.6 is 22.9 Å². The van der Waals surface area contributed by atoms with E-state index in [0.717, 1.165) is 29.3 Å². The number of ether oxygens (including phenoxy) is 1. The minimum atomic E-state index is -0.675. The molecule has 0 aliphatic rings. The van der Waals surface area contributed by atoms with E-state index in [1.54, 1.807) is 6.07 Å². The smallest absolute Gasteiger partial charge is 0.348 e. The molecule has 26 heavy (non-hydrogen) atoms. The number of nitro groups is 1. The number of aryl methyl sites for hydroxylation is 2. The van der Waals surface area contributed by atoms with E-state index in [-0.39, 0.29) is 16.4 Å². The van der Waals surface area contributed by atoms with Gasteiger partial charge in [0.15, 0.2) is 6.61 Å². The topological polar surface area (TPSA) is 98.5 Å². The molecule has 2 rings (SSSR count). The molecule has 2 aromatic rings. The fourth-order valence-corrected chi connectivity index (χ4v) is 3.42. The maximum absolute atomic E-state index is 12.1. The van der Waals surface area contributed by atoms with E-state index in [1.807, 2.05) is 6.92 Å². The van der Waals surface area contributed by atoms with Crippen LogP contribution in [0.3, 0.4) is 0 Å². The molecule has 1 N–H and O–H groups in total. The number of carbonyl (C=O) groups excluding carboxylic acids is 2. The van der Waals surface area contributed by atoms with Crippen molar-refractivity contribution in [1.82, 2.24) is 0 Å². The van der Waals surface area contributed by atoms with Gasteiger partial charge < -0.3 is 10.1 Å². The average Bonchev–Trinajstić information content (AvgIpc) is 2.95. The molecule has 0 fully saturated rings. The molecule has 0 radical (unpaired) electrons. The molecule has 0 bridgehead atoms. The first kappa shape index (κ1) is 19.9. The van der Waals surface area contributed by atoms with E-state index in [2.05, 4.69) is 12.2 Å². The molecule has 0 atom stereocenters. The van der Waals surface area contributed by atoms with Crippen molar-refractivity contribution in [2.75, 3.05) is 11.9 Å². The van der Waals surface area contributed by atoms with E-state index >= 15 is 0 Å². The van der Waals surface area contributed by atoms with Crippen molar-refractivity contribution in [2.24, 2.45) is 0 Å². The zero-order valence-corrected chi connectivity index (χ0v) is 15.8. The van der Waals surface area contributed by atoms with Gasteiger partial charge in [0.1, 0.15) is 10.6 Å². The maximum Gasteiger partial charge on any atom is 0.348 e. The number of carbonyl (C=O) groups is 2. The highest BCUT2D eigenvalue weighted by atomic mass is 35.5. The van der Waals surface area contributed by atoms with Crippen LogP contribution in [0.15, 0.2) is 24.3 Å². The van der Waals surface area contributed by atoms with Crippen molar-refractivity contribution < 1.29 is 19.2 Å². The quantitative estimate of drug-likeness (QED) is 0.425. The van der Waals surface area contributed by atoms with Gasteiger partial charge in [-0.1, -0.05) is 24.9 Å². The van der Waals surface area contributed by atoms with Crippen molar-refractivity contribution in [2.45, 2.75) is 26.7 Å². The highest BCUT2D eigenvalue weighted by Crippen LogP contribution is 2.28. The molecule has 1 aromatic heterocycles. The van der Waals surface area contributed by atoms with Gasteiger partial charge in [-0.3, -0.25) is 14.9 Å². The van der Waals surface area contributed by atoms with Crippen LogP contribution in [0.5, 0.6) is 0 Å². The number of nitro benzene ring substituents is 1. The van der Waals surface area contributed by atoms with Crippen LogP contribution < -0.4 is 5.32 Å². The Bertz CT molecular complexity index is 850. The number of nitrogens with one attached hydrogen (secondary N) is 1. The Labute approximate surface area is 159 Å². The van der Waals surface area contributed by atoms with Gasteiger partial charge in [0.2, 0.25) is 0 Å². The van der Waals surface area contributed by atoms with E-state index < -0.39 is 23.4 Å². The molecule has 0 saturated carbocycles. The maximum atomic E-state index is 12.1. The summed E-state index contributed by atoms with van der Waals surface area (Å²) in [6.07, 6.45) is 1.84. The van der Waals surface area contributed by atoms with Gasteiger partial charge in [0, 0.05) is 16.0 Å². The highest BCUT2D eigenvalue weighted by molar-refractivity contribution is 7.14. The summed E-state index contributed by atoms with van der Waals surface area (Å²) >= 11 is 7.04. The zero-order valence-electron chi connectivity index (χ0n) is 14.2. The number of thiophene rings is 1. The molecule has 0 unspecified atom stereocenters. The molecule has 0 aliphatic carbocycles. The summed E-state index contributed by atoms with van der Waals surface area (Å²) in [7, 11) is 0. The Morgan fingerprint density at radius 2 is 2.08 bits per heavy atom. The van der Waals surface area contributed by atoms with Crippen LogP contribution in [0.25, 0.3) is 0 Å². The lowest BCUT2D eigenvalue weighted by molar-refractivity contribution is -0.383. The number of benzene rings is 1. The van der Waals surface area contributed by atoms with Crippen molar-refractivity contribution in [3.05, 3.63) is 54.7 Å². The van der Waals surface area contributed by atoms with Crippen molar-refractivity contribution in [1.29, 1.82) is 0 Å². The summed E-state index contributed by atoms with van der Waals surface area (Å²) in [6, 6.07) is 5.64. The van der Waals surface area contributed by atoms with Crippen LogP contribution in [0, 0.1) is 17.0 Å². The second-order valence-electron chi connectivity index (χ2n) is 5.48. The molecule has 1 amide bonds. The van der Waals surface area contributed by atoms with E-state index in [1.165, 1.54) is 23.5 Å². The third-order valence-corrected chi connectivity index (χ3v) is 4.81. The molecule has 0 aliphatic heterocycles. The Kier molecular flexibility index (Phi) is 6.70. The highest BCUT2D eigenvalue weighted by Gasteiger charge is 2.18. The minimum Gasteiger partial charge on any atom is -0.451 e. The van der Waals surface area contributed by atoms with Gasteiger partial charge >= 0.3 is 5.97 Å². The standard InChI is InChI=1S/C17H17ClN2O5S/c1-3-4-11-7-15(26-10(11)2)17(22)25-9-16(21)19-13-6-5-12(18)8-14(13)20(23)24/h5-8H,3-4,9H2,1-2H3,(H,19,21). The molecule has 1 heterocycles. The van der Waals surface area contributed by atoms with Crippen LogP contribution in [0.1, 0.15) is 33.5 Å². The normalized spacial score (nSPS) is 10.4. The number of rotatable bonds is 7. The fourth-order valence-electron chi connectivity index (χ4n) is 2.29. The predicted octanol–water partition coefficient (Wildman–Crippen LogP) is 4.37. The fraction of sp³-hybridized carbons (Fsp3) is 0.294. The third kappa shape index (κ3) is 5.03. The summed E-state index contributed by atoms with van der Waals surface area (Å²) in [5.74, 6) is -1.27. The molecular formula is C17H17ClN2O5S. The van der Waals surface area contributed by atoms with Crippen LogP contribution in [-0.4, -0.2) is 23.4 Å². The first-order valence-electron chi connectivity index (χ1n) is 7.82. The summed E-state index contributed by atoms with van der Waals surface area (Å²) in [6.45, 7) is 3.44. The predicted molar refractivity (Wildman–Crippen MR) is 100 cm³/mol. The molecule has 9 heteroatoms. The van der Waals surface area contributed by atoms with Gasteiger partial charge in [-0.25, -0.2) is 4.79 Å². The lowest BCUT2D eigenvalue weighted by Crippen LogP contribution is -2.21. The Morgan fingerprint density at radius 1 is 1.35 bits per heavy atom. The van der Waals surface area contributed by atoms with Gasteiger partial charge in [-0.15, -0.1) is 11.3 Å². The van der Waals surface area contributed by atoms with E-state index in [0.29, 0.717) is 4.88 Å². The number of hydrogen-bond donors (Lipinski definition) is 1. The SMILES string of the molecule is CCCc1cc(C(=O)OCC(=O)Nc2ccc(Cl)cc2[N+](=O)[O-])sc1C. The molecule has 138 valence electrons. The number of anilines is 1. The molecule has 0 saturated heterocycles. The summed E-state index contributed by atoms with van der Waals surface area (Å²) in [5, 5.41) is 13.5. The summed E-state index contributed by atoms with van der Waals surface area (Å²) < 4.78 is 5.00. The van der Waals surface area contributed by atoms with Gasteiger partial charge in [-0.05, 0) is 37.1 Å². The Balaban J connectivity index is 1.98. The van der Waals surface area contributed by atoms with Crippen molar-refractivity contribution in [3.8, 4) is 0 Å². The molecule has 1 aromatic carbocycles. The Hall–Kier alpha value is -2.45. The Morgan fingerprint density at radius 3 is 2.73 bits per heavy atom. The van der Waals surface area contributed by atoms with Crippen molar-refractivity contribution in [3.63, 3.8) is 0 Å². The van der Waals surface area contributed by atoms with Crippen molar-refractivity contribution >= 4 is 46.2 Å². The van der Waals surface area contributed by atoms with E-state index in [4.69, 9.17) is 16.3 Å². The summed E-state index contributed by atoms with van der Waals surface area (Å²) in [5.41, 5.74) is 0.735. The third-order valence-electron chi connectivity index (χ3n) is 3.51. The molecule has 7 nitrogen and oxygen atoms in total. The van der Waals surface area contributed by atoms with Crippen LogP contribution in [0.2, 0.25) is 5.02 Å². The average molecular weight is 397 g/mol. The zero-order chi connectivity index (χ0) is 19.3. The minimum absolute atomic E-state index is 0.0161. The second kappa shape index (κ2) is 8.77. The molecular weight excluding hydrogens is 380 g/mol. The number of nitrogens with zero attached hydrogens (tertiary/aromatic N) is 1.